The van der Waals surface area contributed by atoms with Crippen LogP contribution >= 0.6 is 11.6 Å². The fourth-order valence-electron chi connectivity index (χ4n) is 4.44. The van der Waals surface area contributed by atoms with Crippen molar-refractivity contribution in [3.8, 4) is 11.5 Å². The van der Waals surface area contributed by atoms with Crippen LogP contribution in [0.2, 0.25) is 5.02 Å². The van der Waals surface area contributed by atoms with Crippen LogP contribution in [0.1, 0.15) is 43.7 Å². The number of nitrogens with one attached hydrogen (secondary N) is 1. The second kappa shape index (κ2) is 5.77. The predicted molar refractivity (Wildman–Crippen MR) is 105 cm³/mol. The Kier molecular flexibility index (Phi) is 3.57. The summed E-state index contributed by atoms with van der Waals surface area (Å²) in [7, 11) is 0. The molecule has 138 valence electrons. The average molecular weight is 382 g/mol. The molecule has 2 aromatic carbocycles. The van der Waals surface area contributed by atoms with Crippen LogP contribution in [0.3, 0.4) is 0 Å². The van der Waals surface area contributed by atoms with Gasteiger partial charge in [-0.1, -0.05) is 43.6 Å². The van der Waals surface area contributed by atoms with Crippen molar-refractivity contribution in [1.82, 2.24) is 0 Å². The Morgan fingerprint density at radius 3 is 2.59 bits per heavy atom. The number of carbonyl (C=O) groups is 1. The zero-order chi connectivity index (χ0) is 18.8. The molecule has 0 unspecified atom stereocenters. The summed E-state index contributed by atoms with van der Waals surface area (Å²) in [4.78, 5) is 13.2. The summed E-state index contributed by atoms with van der Waals surface area (Å²) in [6.07, 6.45) is 1.36. The number of ketones is 1. The average Bonchev–Trinajstić information content (AvgIpc) is 3.05. The molecule has 5 rings (SSSR count). The zero-order valence-corrected chi connectivity index (χ0v) is 16.0. The quantitative estimate of drug-likeness (QED) is 0.731. The molecule has 0 spiro atoms. The lowest BCUT2D eigenvalue weighted by Crippen LogP contribution is -2.33. The van der Waals surface area contributed by atoms with E-state index in [1.165, 1.54) is 0 Å². The van der Waals surface area contributed by atoms with Crippen molar-refractivity contribution in [2.24, 2.45) is 5.41 Å². The Labute approximate surface area is 163 Å². The number of Topliss-reactive ketones (excluding diaryl/α,β-unsaturated/α-hetero) is 1. The highest BCUT2D eigenvalue weighted by Gasteiger charge is 2.41. The number of allylic oxidation sites excluding steroid dienone is 2. The molecule has 0 bridgehead atoms. The first-order valence-electron chi connectivity index (χ1n) is 9.14. The van der Waals surface area contributed by atoms with Crippen LogP contribution in [-0.4, -0.2) is 12.6 Å². The Hall–Kier alpha value is -2.46. The molecule has 0 radical (unpaired) electrons. The van der Waals surface area contributed by atoms with Crippen molar-refractivity contribution in [2.45, 2.75) is 32.6 Å². The van der Waals surface area contributed by atoms with Gasteiger partial charge in [0.25, 0.3) is 0 Å². The summed E-state index contributed by atoms with van der Waals surface area (Å²) in [6.45, 7) is 4.49. The Morgan fingerprint density at radius 2 is 1.81 bits per heavy atom. The summed E-state index contributed by atoms with van der Waals surface area (Å²) >= 11 is 6.57. The number of ether oxygens (including phenoxy) is 2. The van der Waals surface area contributed by atoms with Gasteiger partial charge >= 0.3 is 0 Å². The van der Waals surface area contributed by atoms with E-state index in [1.807, 2.05) is 36.4 Å². The summed E-state index contributed by atoms with van der Waals surface area (Å²) in [5.74, 6) is 1.41. The van der Waals surface area contributed by atoms with E-state index in [0.29, 0.717) is 17.2 Å². The van der Waals surface area contributed by atoms with Crippen molar-refractivity contribution < 1.29 is 14.3 Å². The number of carbonyl (C=O) groups excluding carboxylic acids is 1. The molecule has 0 saturated carbocycles. The number of rotatable bonds is 1. The van der Waals surface area contributed by atoms with Gasteiger partial charge < -0.3 is 14.8 Å². The molecule has 5 heteroatoms. The fraction of sp³-hybridized carbons (Fsp3) is 0.318. The van der Waals surface area contributed by atoms with E-state index in [2.05, 4.69) is 19.2 Å². The summed E-state index contributed by atoms with van der Waals surface area (Å²) in [6, 6.07) is 11.7. The van der Waals surface area contributed by atoms with Crippen LogP contribution < -0.4 is 14.8 Å². The number of hydrogen-bond donors (Lipinski definition) is 1. The lowest BCUT2D eigenvalue weighted by molar-refractivity contribution is -0.118. The van der Waals surface area contributed by atoms with Crippen molar-refractivity contribution in [2.75, 3.05) is 12.1 Å². The second-order valence-electron chi connectivity index (χ2n) is 8.21. The van der Waals surface area contributed by atoms with Gasteiger partial charge in [-0.2, -0.15) is 0 Å². The van der Waals surface area contributed by atoms with Crippen LogP contribution in [0.25, 0.3) is 0 Å². The largest absolute Gasteiger partial charge is 0.454 e. The van der Waals surface area contributed by atoms with Crippen LogP contribution in [0.15, 0.2) is 47.7 Å². The molecule has 0 fully saturated rings. The molecule has 0 saturated heterocycles. The van der Waals surface area contributed by atoms with E-state index in [9.17, 15) is 4.79 Å². The van der Waals surface area contributed by atoms with Gasteiger partial charge in [-0.15, -0.1) is 0 Å². The number of fused-ring (bicyclic) bond motifs is 2. The van der Waals surface area contributed by atoms with Gasteiger partial charge in [0, 0.05) is 40.4 Å². The minimum atomic E-state index is -0.206. The zero-order valence-electron chi connectivity index (χ0n) is 15.3. The normalized spacial score (nSPS) is 22.2. The minimum Gasteiger partial charge on any atom is -0.454 e. The van der Waals surface area contributed by atoms with Crippen molar-refractivity contribution in [1.29, 1.82) is 0 Å². The molecule has 4 nitrogen and oxygen atoms in total. The van der Waals surface area contributed by atoms with E-state index < -0.39 is 0 Å². The molecular weight excluding hydrogens is 362 g/mol. The highest BCUT2D eigenvalue weighted by molar-refractivity contribution is 6.31. The molecule has 2 aromatic rings. The van der Waals surface area contributed by atoms with Crippen LogP contribution in [0.5, 0.6) is 11.5 Å². The molecule has 1 aliphatic carbocycles. The van der Waals surface area contributed by atoms with Gasteiger partial charge in [0.15, 0.2) is 17.3 Å². The molecule has 2 heterocycles. The third kappa shape index (κ3) is 2.62. The van der Waals surface area contributed by atoms with Crippen LogP contribution in [0.4, 0.5) is 5.69 Å². The highest BCUT2D eigenvalue weighted by atomic mass is 35.5. The Balaban J connectivity index is 1.76. The van der Waals surface area contributed by atoms with Gasteiger partial charge in [0.2, 0.25) is 6.79 Å². The number of anilines is 1. The number of halogens is 1. The maximum atomic E-state index is 13.2. The first-order chi connectivity index (χ1) is 12.9. The van der Waals surface area contributed by atoms with Crippen molar-refractivity contribution in [3.63, 3.8) is 0 Å². The number of benzene rings is 2. The van der Waals surface area contributed by atoms with Gasteiger partial charge in [-0.25, -0.2) is 0 Å². The van der Waals surface area contributed by atoms with Gasteiger partial charge in [-0.05, 0) is 35.1 Å². The summed E-state index contributed by atoms with van der Waals surface area (Å²) < 4.78 is 11.1. The number of hydrogen-bond acceptors (Lipinski definition) is 4. The second-order valence-corrected chi connectivity index (χ2v) is 8.61. The molecule has 3 aliphatic rings. The third-order valence-electron chi connectivity index (χ3n) is 5.57. The van der Waals surface area contributed by atoms with Gasteiger partial charge in [0.1, 0.15) is 0 Å². The highest BCUT2D eigenvalue weighted by Crippen LogP contribution is 2.52. The summed E-state index contributed by atoms with van der Waals surface area (Å²) in [5.41, 5.74) is 4.65. The molecular formula is C22H20ClNO3. The minimum absolute atomic E-state index is 0.0677. The molecule has 1 atom stereocenters. The molecule has 27 heavy (non-hydrogen) atoms. The standard InChI is InChI=1S/C22H20ClNO3/c1-22(2)9-16-21(17(25)10-22)20(12-5-3-4-6-14(12)23)13-7-18-19(27-11-26-18)8-15(13)24-16/h3-8,20,24H,9-11H2,1-2H3/t20-/m1/s1. The monoisotopic (exact) mass is 381 g/mol. The molecule has 0 aromatic heterocycles. The maximum Gasteiger partial charge on any atom is 0.231 e. The SMILES string of the molecule is CC1(C)CC(=O)C2=C(C1)Nc1cc3c(cc1[C@H]2c1ccccc1Cl)OCO3. The molecule has 2 aliphatic heterocycles. The molecule has 1 N–H and O–H groups in total. The van der Waals surface area contributed by atoms with E-state index in [-0.39, 0.29) is 23.9 Å². The molecule has 0 amide bonds. The third-order valence-corrected chi connectivity index (χ3v) is 5.91. The van der Waals surface area contributed by atoms with Gasteiger partial charge in [0.05, 0.1) is 0 Å². The first-order valence-corrected chi connectivity index (χ1v) is 9.52. The lowest BCUT2D eigenvalue weighted by atomic mass is 9.68. The topological polar surface area (TPSA) is 47.6 Å². The Morgan fingerprint density at radius 1 is 1.07 bits per heavy atom. The van der Waals surface area contributed by atoms with E-state index in [0.717, 1.165) is 40.3 Å². The maximum absolute atomic E-state index is 13.2. The lowest BCUT2D eigenvalue weighted by Gasteiger charge is -2.39. The summed E-state index contributed by atoms with van der Waals surface area (Å²) in [5, 5.41) is 4.18. The Bertz CT molecular complexity index is 1010. The van der Waals surface area contributed by atoms with E-state index in [1.54, 1.807) is 0 Å². The van der Waals surface area contributed by atoms with E-state index >= 15 is 0 Å². The smallest absolute Gasteiger partial charge is 0.231 e. The van der Waals surface area contributed by atoms with E-state index in [4.69, 9.17) is 21.1 Å². The van der Waals surface area contributed by atoms with Crippen LogP contribution in [-0.2, 0) is 4.79 Å². The first kappa shape index (κ1) is 16.7. The van der Waals surface area contributed by atoms with Crippen LogP contribution in [0, 0.1) is 5.41 Å². The van der Waals surface area contributed by atoms with Crippen molar-refractivity contribution in [3.05, 3.63) is 63.8 Å². The predicted octanol–water partition coefficient (Wildman–Crippen LogP) is 5.27. The fourth-order valence-corrected chi connectivity index (χ4v) is 4.68. The van der Waals surface area contributed by atoms with Crippen molar-refractivity contribution >= 4 is 23.1 Å². The van der Waals surface area contributed by atoms with Gasteiger partial charge in [-0.3, -0.25) is 4.79 Å².